The van der Waals surface area contributed by atoms with E-state index in [0.717, 1.165) is 22.9 Å². The smallest absolute Gasteiger partial charge is 0.328 e. The minimum atomic E-state index is -1.15. The Hall–Kier alpha value is -2.62. The Kier molecular flexibility index (Phi) is 3.61. The maximum Gasteiger partial charge on any atom is 0.328 e. The molecule has 2 N–H and O–H groups in total. The number of hydrogen-bond donors (Lipinski definition) is 2. The Labute approximate surface area is 110 Å². The Morgan fingerprint density at radius 3 is 2.47 bits per heavy atom. The molecule has 0 aliphatic carbocycles. The monoisotopic (exact) mass is 255 g/mol. The van der Waals surface area contributed by atoms with E-state index in [9.17, 15) is 9.59 Å². The number of aliphatic carboxylic acids is 1. The topological polar surface area (TPSA) is 66.4 Å². The molecule has 1 amide bonds. The maximum absolute atomic E-state index is 11.4. The average molecular weight is 255 g/mol. The number of carbonyl (C=O) groups is 2. The minimum absolute atomic E-state index is 0.464. The molecular formula is C15H13NO3. The Bertz CT molecular complexity index is 674. The van der Waals surface area contributed by atoms with Gasteiger partial charge in [0.05, 0.1) is 0 Å². The van der Waals surface area contributed by atoms with Crippen molar-refractivity contribution in [3.05, 3.63) is 54.1 Å². The van der Waals surface area contributed by atoms with Gasteiger partial charge in [-0.2, -0.15) is 0 Å². The zero-order chi connectivity index (χ0) is 13.8. The summed E-state index contributed by atoms with van der Waals surface area (Å²) in [6, 6.07) is 11.6. The van der Waals surface area contributed by atoms with Gasteiger partial charge in [-0.15, -0.1) is 0 Å². The van der Waals surface area contributed by atoms with E-state index in [4.69, 9.17) is 5.11 Å². The molecule has 2 rings (SSSR count). The van der Waals surface area contributed by atoms with Crippen molar-refractivity contribution in [2.24, 2.45) is 0 Å². The highest BCUT2D eigenvalue weighted by Crippen LogP contribution is 2.20. The molecule has 0 unspecified atom stereocenters. The molecule has 0 radical (unpaired) electrons. The predicted molar refractivity (Wildman–Crippen MR) is 74.1 cm³/mol. The summed E-state index contributed by atoms with van der Waals surface area (Å²) < 4.78 is 0. The largest absolute Gasteiger partial charge is 0.478 e. The number of carboxylic acids is 1. The number of anilines is 1. The molecule has 0 saturated carbocycles. The molecule has 2 aromatic rings. The Balaban J connectivity index is 2.20. The van der Waals surface area contributed by atoms with Crippen LogP contribution in [0.5, 0.6) is 0 Å². The second-order valence-corrected chi connectivity index (χ2v) is 4.23. The Morgan fingerprint density at radius 2 is 1.74 bits per heavy atom. The van der Waals surface area contributed by atoms with E-state index >= 15 is 0 Å². The summed E-state index contributed by atoms with van der Waals surface area (Å²) in [6.07, 6.45) is 1.79. The second-order valence-electron chi connectivity index (χ2n) is 4.23. The van der Waals surface area contributed by atoms with Crippen molar-refractivity contribution in [3.63, 3.8) is 0 Å². The van der Waals surface area contributed by atoms with Crippen molar-refractivity contribution >= 4 is 28.3 Å². The molecule has 0 aliphatic heterocycles. The van der Waals surface area contributed by atoms with Gasteiger partial charge in [-0.3, -0.25) is 4.79 Å². The lowest BCUT2D eigenvalue weighted by atomic mass is 10.1. The van der Waals surface area contributed by atoms with Crippen LogP contribution in [0.15, 0.2) is 48.6 Å². The fourth-order valence-electron chi connectivity index (χ4n) is 1.77. The fraction of sp³-hybridized carbons (Fsp3) is 0.0667. The van der Waals surface area contributed by atoms with Crippen LogP contribution in [-0.2, 0) is 9.59 Å². The number of fused-ring (bicyclic) bond motifs is 1. The molecule has 0 aromatic heterocycles. The van der Waals surface area contributed by atoms with E-state index in [0.29, 0.717) is 5.69 Å². The number of nitrogens with one attached hydrogen (secondary N) is 1. The number of amides is 1. The number of hydrogen-bond acceptors (Lipinski definition) is 2. The summed E-state index contributed by atoms with van der Waals surface area (Å²) in [6.45, 7) is 2.02. The van der Waals surface area contributed by atoms with Crippen LogP contribution in [0.2, 0.25) is 0 Å². The van der Waals surface area contributed by atoms with Gasteiger partial charge in [-0.05, 0) is 29.8 Å². The first-order valence-corrected chi connectivity index (χ1v) is 5.77. The summed E-state index contributed by atoms with van der Waals surface area (Å²) >= 11 is 0. The molecule has 2 aromatic carbocycles. The van der Waals surface area contributed by atoms with Crippen molar-refractivity contribution < 1.29 is 14.7 Å². The minimum Gasteiger partial charge on any atom is -0.478 e. The SMILES string of the molecule is Cc1ccc2cc(NC(=O)/C=C/C(=O)O)ccc2c1. The predicted octanol–water partition coefficient (Wildman–Crippen LogP) is 2.73. The Morgan fingerprint density at radius 1 is 1.05 bits per heavy atom. The van der Waals surface area contributed by atoms with Crippen LogP contribution in [0.25, 0.3) is 10.8 Å². The number of benzene rings is 2. The van der Waals surface area contributed by atoms with Gasteiger partial charge in [0, 0.05) is 17.8 Å². The quantitative estimate of drug-likeness (QED) is 0.829. The molecular weight excluding hydrogens is 242 g/mol. The third-order valence-corrected chi connectivity index (χ3v) is 2.64. The normalized spacial score (nSPS) is 10.8. The van der Waals surface area contributed by atoms with Gasteiger partial charge in [-0.1, -0.05) is 29.8 Å². The number of carbonyl (C=O) groups excluding carboxylic acids is 1. The van der Waals surface area contributed by atoms with Crippen LogP contribution in [0.3, 0.4) is 0 Å². The molecule has 0 bridgehead atoms. The van der Waals surface area contributed by atoms with E-state index in [-0.39, 0.29) is 0 Å². The van der Waals surface area contributed by atoms with Gasteiger partial charge in [0.15, 0.2) is 0 Å². The second kappa shape index (κ2) is 5.35. The molecule has 4 heteroatoms. The van der Waals surface area contributed by atoms with Crippen LogP contribution in [-0.4, -0.2) is 17.0 Å². The van der Waals surface area contributed by atoms with E-state index in [1.807, 2.05) is 31.2 Å². The molecule has 0 fully saturated rings. The maximum atomic E-state index is 11.4. The highest BCUT2D eigenvalue weighted by molar-refractivity contribution is 6.03. The van der Waals surface area contributed by atoms with Gasteiger partial charge < -0.3 is 10.4 Å². The summed E-state index contributed by atoms with van der Waals surface area (Å²) in [7, 11) is 0. The van der Waals surface area contributed by atoms with Gasteiger partial charge in [0.25, 0.3) is 0 Å². The zero-order valence-electron chi connectivity index (χ0n) is 10.4. The van der Waals surface area contributed by atoms with Gasteiger partial charge in [0.1, 0.15) is 0 Å². The van der Waals surface area contributed by atoms with Crippen LogP contribution in [0.4, 0.5) is 5.69 Å². The summed E-state index contributed by atoms with van der Waals surface area (Å²) in [4.78, 5) is 21.7. The van der Waals surface area contributed by atoms with Gasteiger partial charge in [0.2, 0.25) is 5.91 Å². The first-order chi connectivity index (χ1) is 9.04. The summed E-state index contributed by atoms with van der Waals surface area (Å²) in [5, 5.41) is 13.2. The molecule has 0 saturated heterocycles. The number of aryl methyl sites for hydroxylation is 1. The molecule has 0 heterocycles. The zero-order valence-corrected chi connectivity index (χ0v) is 10.4. The number of rotatable bonds is 3. The van der Waals surface area contributed by atoms with Crippen molar-refractivity contribution in [3.8, 4) is 0 Å². The van der Waals surface area contributed by atoms with E-state index < -0.39 is 11.9 Å². The lowest BCUT2D eigenvalue weighted by Crippen LogP contribution is -2.08. The lowest BCUT2D eigenvalue weighted by Gasteiger charge is -2.05. The third-order valence-electron chi connectivity index (χ3n) is 2.64. The first-order valence-electron chi connectivity index (χ1n) is 5.77. The molecule has 4 nitrogen and oxygen atoms in total. The van der Waals surface area contributed by atoms with Crippen LogP contribution >= 0.6 is 0 Å². The number of carboxylic acid groups (broad SMARTS) is 1. The van der Waals surface area contributed by atoms with E-state index in [1.165, 1.54) is 5.56 Å². The lowest BCUT2D eigenvalue weighted by molar-refractivity contribution is -0.131. The standard InChI is InChI=1S/C15H13NO3/c1-10-2-3-12-9-13(5-4-11(12)8-10)16-14(17)6-7-15(18)19/h2-9H,1H3,(H,16,17)(H,18,19)/b7-6+. The summed E-state index contributed by atoms with van der Waals surface area (Å²) in [5.74, 6) is -1.61. The fourth-order valence-corrected chi connectivity index (χ4v) is 1.77. The van der Waals surface area contributed by atoms with Gasteiger partial charge >= 0.3 is 5.97 Å². The van der Waals surface area contributed by atoms with Crippen molar-refractivity contribution in [1.29, 1.82) is 0 Å². The first kappa shape index (κ1) is 12.8. The molecule has 19 heavy (non-hydrogen) atoms. The van der Waals surface area contributed by atoms with E-state index in [1.54, 1.807) is 6.07 Å². The molecule has 0 aliphatic rings. The molecule has 0 atom stereocenters. The van der Waals surface area contributed by atoms with Gasteiger partial charge in [-0.25, -0.2) is 4.79 Å². The molecule has 96 valence electrons. The van der Waals surface area contributed by atoms with E-state index in [2.05, 4.69) is 11.4 Å². The third kappa shape index (κ3) is 3.42. The van der Waals surface area contributed by atoms with Crippen LogP contribution < -0.4 is 5.32 Å². The average Bonchev–Trinajstić information content (AvgIpc) is 2.36. The van der Waals surface area contributed by atoms with Crippen molar-refractivity contribution in [1.82, 2.24) is 0 Å². The van der Waals surface area contributed by atoms with Crippen molar-refractivity contribution in [2.45, 2.75) is 6.92 Å². The highest BCUT2D eigenvalue weighted by Gasteiger charge is 2.00. The van der Waals surface area contributed by atoms with Crippen LogP contribution in [0.1, 0.15) is 5.56 Å². The molecule has 0 spiro atoms. The highest BCUT2D eigenvalue weighted by atomic mass is 16.4. The van der Waals surface area contributed by atoms with Crippen LogP contribution in [0, 0.1) is 6.92 Å². The summed E-state index contributed by atoms with van der Waals surface area (Å²) in [5.41, 5.74) is 1.81. The van der Waals surface area contributed by atoms with Crippen molar-refractivity contribution in [2.75, 3.05) is 5.32 Å².